The van der Waals surface area contributed by atoms with Gasteiger partial charge in [-0.3, -0.25) is 9.78 Å². The van der Waals surface area contributed by atoms with Crippen LogP contribution in [0, 0.1) is 11.6 Å². The maximum atomic E-state index is 13.2. The fourth-order valence-electron chi connectivity index (χ4n) is 2.60. The predicted octanol–water partition coefficient (Wildman–Crippen LogP) is 4.10. The second kappa shape index (κ2) is 6.95. The number of hydrogen-bond donors (Lipinski definition) is 1. The maximum Gasteiger partial charge on any atom is 0.251 e. The number of amides is 1. The highest BCUT2D eigenvalue weighted by Crippen LogP contribution is 2.23. The summed E-state index contributed by atoms with van der Waals surface area (Å²) < 4.78 is 31.9. The molecular formula is C20H13F2N3O2. The van der Waals surface area contributed by atoms with Gasteiger partial charge in [0.25, 0.3) is 5.91 Å². The number of nitrogens with one attached hydrogen (secondary N) is 1. The molecule has 7 heteroatoms. The second-order valence-electron chi connectivity index (χ2n) is 5.85. The summed E-state index contributed by atoms with van der Waals surface area (Å²) in [4.78, 5) is 20.9. The van der Waals surface area contributed by atoms with Gasteiger partial charge in [-0.15, -0.1) is 0 Å². The van der Waals surface area contributed by atoms with Gasteiger partial charge in [0.2, 0.25) is 5.89 Å². The Morgan fingerprint density at radius 1 is 1.04 bits per heavy atom. The Hall–Kier alpha value is -3.61. The van der Waals surface area contributed by atoms with Crippen molar-refractivity contribution < 1.29 is 18.0 Å². The molecule has 0 bridgehead atoms. The zero-order valence-electron chi connectivity index (χ0n) is 13.9. The van der Waals surface area contributed by atoms with E-state index in [4.69, 9.17) is 4.42 Å². The van der Waals surface area contributed by atoms with Crippen molar-refractivity contribution in [2.75, 3.05) is 0 Å². The minimum atomic E-state index is -0.952. The lowest BCUT2D eigenvalue weighted by atomic mass is 10.1. The van der Waals surface area contributed by atoms with Crippen LogP contribution in [-0.2, 0) is 6.54 Å². The normalized spacial score (nSPS) is 10.9. The maximum absolute atomic E-state index is 13.2. The fraction of sp³-hybridized carbons (Fsp3) is 0.0500. The van der Waals surface area contributed by atoms with Crippen LogP contribution in [0.5, 0.6) is 0 Å². The van der Waals surface area contributed by atoms with Gasteiger partial charge < -0.3 is 9.73 Å². The predicted molar refractivity (Wildman–Crippen MR) is 94.8 cm³/mol. The number of benzene rings is 2. The number of oxazole rings is 1. The molecule has 0 spiro atoms. The number of carbonyl (C=O) groups is 1. The molecule has 0 aliphatic rings. The SMILES string of the molecule is O=C(NCc1ccc(F)c(F)c1)c1ccc2nc(-c3ccccn3)oc2c1. The second-order valence-corrected chi connectivity index (χ2v) is 5.85. The van der Waals surface area contributed by atoms with Crippen molar-refractivity contribution in [1.82, 2.24) is 15.3 Å². The fourth-order valence-corrected chi connectivity index (χ4v) is 2.60. The first-order valence-corrected chi connectivity index (χ1v) is 8.14. The van der Waals surface area contributed by atoms with Crippen LogP contribution in [-0.4, -0.2) is 15.9 Å². The highest BCUT2D eigenvalue weighted by molar-refractivity contribution is 5.97. The van der Waals surface area contributed by atoms with Gasteiger partial charge >= 0.3 is 0 Å². The third-order valence-corrected chi connectivity index (χ3v) is 3.97. The summed E-state index contributed by atoms with van der Waals surface area (Å²) in [5, 5.41) is 2.66. The van der Waals surface area contributed by atoms with E-state index in [-0.39, 0.29) is 12.5 Å². The zero-order valence-corrected chi connectivity index (χ0v) is 13.9. The number of nitrogens with zero attached hydrogens (tertiary/aromatic N) is 2. The first-order chi connectivity index (χ1) is 13.1. The van der Waals surface area contributed by atoms with Crippen molar-refractivity contribution in [3.8, 4) is 11.6 Å². The molecule has 0 saturated carbocycles. The molecule has 0 atom stereocenters. The molecule has 0 saturated heterocycles. The third-order valence-electron chi connectivity index (χ3n) is 3.97. The van der Waals surface area contributed by atoms with Gasteiger partial charge in [-0.2, -0.15) is 0 Å². The van der Waals surface area contributed by atoms with Gasteiger partial charge in [-0.1, -0.05) is 12.1 Å². The average molecular weight is 365 g/mol. The lowest BCUT2D eigenvalue weighted by Crippen LogP contribution is -2.22. The van der Waals surface area contributed by atoms with E-state index in [1.54, 1.807) is 36.5 Å². The number of hydrogen-bond acceptors (Lipinski definition) is 4. The molecular weight excluding hydrogens is 352 g/mol. The van der Waals surface area contributed by atoms with Crippen molar-refractivity contribution in [3.05, 3.63) is 83.6 Å². The van der Waals surface area contributed by atoms with E-state index in [9.17, 15) is 13.6 Å². The minimum Gasteiger partial charge on any atom is -0.435 e. The molecule has 2 aromatic carbocycles. The van der Waals surface area contributed by atoms with Gasteiger partial charge in [-0.25, -0.2) is 13.8 Å². The molecule has 134 valence electrons. The number of carbonyl (C=O) groups excluding carboxylic acids is 1. The van der Waals surface area contributed by atoms with Crippen LogP contribution in [0.4, 0.5) is 8.78 Å². The Kier molecular flexibility index (Phi) is 4.33. The summed E-state index contributed by atoms with van der Waals surface area (Å²) in [6, 6.07) is 13.8. The Morgan fingerprint density at radius 3 is 2.70 bits per heavy atom. The van der Waals surface area contributed by atoms with Crippen molar-refractivity contribution in [2.45, 2.75) is 6.54 Å². The number of fused-ring (bicyclic) bond motifs is 1. The van der Waals surface area contributed by atoms with Gasteiger partial charge in [0.05, 0.1) is 0 Å². The summed E-state index contributed by atoms with van der Waals surface area (Å²) in [7, 11) is 0. The molecule has 5 nitrogen and oxygen atoms in total. The molecule has 1 amide bonds. The number of halogens is 2. The first kappa shape index (κ1) is 16.8. The van der Waals surface area contributed by atoms with E-state index in [1.165, 1.54) is 6.07 Å². The summed E-state index contributed by atoms with van der Waals surface area (Å²) >= 11 is 0. The Bertz CT molecular complexity index is 1130. The summed E-state index contributed by atoms with van der Waals surface area (Å²) in [5.74, 6) is -1.88. The van der Waals surface area contributed by atoms with Crippen LogP contribution >= 0.6 is 0 Å². The molecule has 0 unspecified atom stereocenters. The number of aromatic nitrogens is 2. The van der Waals surface area contributed by atoms with Crippen molar-refractivity contribution in [1.29, 1.82) is 0 Å². The molecule has 4 rings (SSSR count). The zero-order chi connectivity index (χ0) is 18.8. The summed E-state index contributed by atoms with van der Waals surface area (Å²) in [6.07, 6.45) is 1.64. The van der Waals surface area contributed by atoms with Crippen molar-refractivity contribution in [3.63, 3.8) is 0 Å². The highest BCUT2D eigenvalue weighted by Gasteiger charge is 2.13. The third kappa shape index (κ3) is 3.52. The van der Waals surface area contributed by atoms with E-state index in [1.807, 2.05) is 6.07 Å². The number of rotatable bonds is 4. The van der Waals surface area contributed by atoms with Crippen LogP contribution < -0.4 is 5.32 Å². The molecule has 0 aliphatic carbocycles. The van der Waals surface area contributed by atoms with E-state index in [0.29, 0.717) is 33.8 Å². The van der Waals surface area contributed by atoms with Crippen LogP contribution in [0.1, 0.15) is 15.9 Å². The van der Waals surface area contributed by atoms with Gasteiger partial charge in [0.15, 0.2) is 17.2 Å². The smallest absolute Gasteiger partial charge is 0.251 e. The van der Waals surface area contributed by atoms with Gasteiger partial charge in [0, 0.05) is 18.3 Å². The Balaban J connectivity index is 1.52. The topological polar surface area (TPSA) is 68.0 Å². The molecule has 0 fully saturated rings. The van der Waals surface area contributed by atoms with Crippen molar-refractivity contribution in [2.24, 2.45) is 0 Å². The van der Waals surface area contributed by atoms with Crippen LogP contribution in [0.15, 0.2) is 65.2 Å². The van der Waals surface area contributed by atoms with E-state index >= 15 is 0 Å². The van der Waals surface area contributed by atoms with Crippen molar-refractivity contribution >= 4 is 17.0 Å². The average Bonchev–Trinajstić information content (AvgIpc) is 3.12. The molecule has 0 radical (unpaired) electrons. The largest absolute Gasteiger partial charge is 0.435 e. The molecule has 1 N–H and O–H groups in total. The molecule has 2 heterocycles. The van der Waals surface area contributed by atoms with Gasteiger partial charge in [0.1, 0.15) is 11.2 Å². The lowest BCUT2D eigenvalue weighted by Gasteiger charge is -2.06. The highest BCUT2D eigenvalue weighted by atomic mass is 19.2. The summed E-state index contributed by atoms with van der Waals surface area (Å²) in [6.45, 7) is 0.0731. The molecule has 2 aromatic heterocycles. The Morgan fingerprint density at radius 2 is 1.93 bits per heavy atom. The monoisotopic (exact) mass is 365 g/mol. The van der Waals surface area contributed by atoms with Crippen LogP contribution in [0.25, 0.3) is 22.7 Å². The molecule has 27 heavy (non-hydrogen) atoms. The standard InChI is InChI=1S/C20H13F2N3O2/c21-14-6-4-12(9-15(14)22)11-24-19(26)13-5-7-16-18(10-13)27-20(25-16)17-3-1-2-8-23-17/h1-10H,11H2,(H,24,26). The van der Waals surface area contributed by atoms with E-state index < -0.39 is 11.6 Å². The van der Waals surface area contributed by atoms with Crippen LogP contribution in [0.2, 0.25) is 0 Å². The summed E-state index contributed by atoms with van der Waals surface area (Å²) in [5.41, 5.74) is 2.48. The molecule has 4 aromatic rings. The first-order valence-electron chi connectivity index (χ1n) is 8.14. The van der Waals surface area contributed by atoms with E-state index in [2.05, 4.69) is 15.3 Å². The number of pyridine rings is 1. The minimum absolute atomic E-state index is 0.0731. The Labute approximate surface area is 152 Å². The van der Waals surface area contributed by atoms with E-state index in [0.717, 1.165) is 12.1 Å². The lowest BCUT2D eigenvalue weighted by molar-refractivity contribution is 0.0951. The quantitative estimate of drug-likeness (QED) is 0.591. The molecule has 0 aliphatic heterocycles. The van der Waals surface area contributed by atoms with Gasteiger partial charge in [-0.05, 0) is 48.0 Å². The van der Waals surface area contributed by atoms with Crippen LogP contribution in [0.3, 0.4) is 0 Å².